The van der Waals surface area contributed by atoms with Gasteiger partial charge in [0.1, 0.15) is 5.75 Å². The smallest absolute Gasteiger partial charge is 0.234 e. The Labute approximate surface area is 182 Å². The fourth-order valence-electron chi connectivity index (χ4n) is 2.54. The first-order chi connectivity index (χ1) is 13.5. The predicted molar refractivity (Wildman–Crippen MR) is 118 cm³/mol. The van der Waals surface area contributed by atoms with Crippen LogP contribution in [0.5, 0.6) is 5.75 Å². The number of thioether (sulfide) groups is 1. The van der Waals surface area contributed by atoms with Crippen LogP contribution in [0.1, 0.15) is 16.1 Å². The van der Waals surface area contributed by atoms with Crippen molar-refractivity contribution in [3.63, 3.8) is 0 Å². The number of carbonyl (C=O) groups excluding carboxylic acids is 1. The van der Waals surface area contributed by atoms with Gasteiger partial charge in [0.05, 0.1) is 24.2 Å². The number of nitrogens with zero attached hydrogens (tertiary/aromatic N) is 1. The van der Waals surface area contributed by atoms with E-state index in [9.17, 15) is 4.79 Å². The maximum absolute atomic E-state index is 12.3. The van der Waals surface area contributed by atoms with E-state index in [1.807, 2.05) is 31.2 Å². The van der Waals surface area contributed by atoms with Crippen LogP contribution in [-0.2, 0) is 11.2 Å². The Hall–Kier alpha value is -1.73. The third-order valence-electron chi connectivity index (χ3n) is 3.94. The van der Waals surface area contributed by atoms with Gasteiger partial charge in [-0.2, -0.15) is 0 Å². The van der Waals surface area contributed by atoms with E-state index in [2.05, 4.69) is 10.3 Å². The lowest BCUT2D eigenvalue weighted by molar-refractivity contribution is -0.113. The summed E-state index contributed by atoms with van der Waals surface area (Å²) in [6, 6.07) is 12.8. The molecule has 1 heterocycles. The van der Waals surface area contributed by atoms with Crippen LogP contribution in [0.25, 0.3) is 0 Å². The van der Waals surface area contributed by atoms with E-state index in [0.717, 1.165) is 20.5 Å². The van der Waals surface area contributed by atoms with Crippen molar-refractivity contribution in [2.24, 2.45) is 0 Å². The Balaban J connectivity index is 1.62. The molecule has 0 saturated heterocycles. The maximum atomic E-state index is 12.3. The molecule has 0 aliphatic carbocycles. The van der Waals surface area contributed by atoms with Gasteiger partial charge in [0.15, 0.2) is 4.34 Å². The van der Waals surface area contributed by atoms with Crippen LogP contribution in [-0.4, -0.2) is 23.8 Å². The molecule has 0 saturated carbocycles. The van der Waals surface area contributed by atoms with Crippen LogP contribution >= 0.6 is 46.3 Å². The van der Waals surface area contributed by atoms with Crippen molar-refractivity contribution in [2.75, 3.05) is 18.2 Å². The number of halogens is 2. The Kier molecular flexibility index (Phi) is 7.24. The maximum Gasteiger partial charge on any atom is 0.234 e. The largest absolute Gasteiger partial charge is 0.495 e. The minimum atomic E-state index is -0.109. The molecule has 0 unspecified atom stereocenters. The number of hydrogen-bond acceptors (Lipinski definition) is 5. The molecule has 1 N–H and O–H groups in total. The van der Waals surface area contributed by atoms with E-state index in [1.54, 1.807) is 36.6 Å². The second-order valence-electron chi connectivity index (χ2n) is 5.94. The number of benzene rings is 2. The third-order valence-corrected chi connectivity index (χ3v) is 6.84. The SMILES string of the molecule is COc1ccccc1NC(=O)CSc1nc(C)c(Cc2cc(Cl)ccc2Cl)s1. The van der Waals surface area contributed by atoms with Gasteiger partial charge in [0.25, 0.3) is 0 Å². The van der Waals surface area contributed by atoms with E-state index in [1.165, 1.54) is 11.8 Å². The lowest BCUT2D eigenvalue weighted by atomic mass is 10.1. The van der Waals surface area contributed by atoms with Gasteiger partial charge in [-0.05, 0) is 42.8 Å². The summed E-state index contributed by atoms with van der Waals surface area (Å²) in [6.45, 7) is 1.96. The number of carbonyl (C=O) groups is 1. The highest BCUT2D eigenvalue weighted by atomic mass is 35.5. The van der Waals surface area contributed by atoms with Crippen molar-refractivity contribution in [1.29, 1.82) is 0 Å². The van der Waals surface area contributed by atoms with Gasteiger partial charge >= 0.3 is 0 Å². The number of para-hydroxylation sites is 2. The van der Waals surface area contributed by atoms with E-state index in [-0.39, 0.29) is 11.7 Å². The summed E-state index contributed by atoms with van der Waals surface area (Å²) in [7, 11) is 1.58. The first-order valence-corrected chi connectivity index (χ1v) is 11.0. The van der Waals surface area contributed by atoms with Gasteiger partial charge in [0.2, 0.25) is 5.91 Å². The van der Waals surface area contributed by atoms with Gasteiger partial charge in [-0.3, -0.25) is 4.79 Å². The summed E-state index contributed by atoms with van der Waals surface area (Å²) >= 11 is 15.3. The molecular weight excluding hydrogens is 435 g/mol. The number of rotatable bonds is 7. The highest BCUT2D eigenvalue weighted by Crippen LogP contribution is 2.31. The van der Waals surface area contributed by atoms with Crippen molar-refractivity contribution in [3.8, 4) is 5.75 Å². The topological polar surface area (TPSA) is 51.2 Å². The molecule has 3 rings (SSSR count). The van der Waals surface area contributed by atoms with E-state index >= 15 is 0 Å². The molecule has 0 bridgehead atoms. The van der Waals surface area contributed by atoms with Crippen LogP contribution in [0.4, 0.5) is 5.69 Å². The van der Waals surface area contributed by atoms with Crippen LogP contribution in [0.3, 0.4) is 0 Å². The van der Waals surface area contributed by atoms with E-state index in [4.69, 9.17) is 27.9 Å². The number of nitrogens with one attached hydrogen (secondary N) is 1. The summed E-state index contributed by atoms with van der Waals surface area (Å²) < 4.78 is 6.10. The lowest BCUT2D eigenvalue weighted by Crippen LogP contribution is -2.14. The van der Waals surface area contributed by atoms with E-state index in [0.29, 0.717) is 27.9 Å². The fourth-order valence-corrected chi connectivity index (χ4v) is 4.98. The molecule has 0 atom stereocenters. The number of hydrogen-bond donors (Lipinski definition) is 1. The van der Waals surface area contributed by atoms with Crippen LogP contribution in [0.2, 0.25) is 10.0 Å². The molecular formula is C20H18Cl2N2O2S2. The molecule has 0 spiro atoms. The summed E-state index contributed by atoms with van der Waals surface area (Å²) in [5, 5.41) is 4.21. The number of anilines is 1. The molecule has 1 amide bonds. The highest BCUT2D eigenvalue weighted by molar-refractivity contribution is 8.01. The van der Waals surface area contributed by atoms with Crippen molar-refractivity contribution >= 4 is 57.9 Å². The van der Waals surface area contributed by atoms with Gasteiger partial charge in [-0.15, -0.1) is 11.3 Å². The van der Waals surface area contributed by atoms with Gasteiger partial charge in [0, 0.05) is 21.3 Å². The standard InChI is InChI=1S/C20H18Cl2N2O2S2/c1-12-18(10-13-9-14(21)7-8-15(13)22)28-20(23-12)27-11-19(25)24-16-5-3-4-6-17(16)26-2/h3-9H,10-11H2,1-2H3,(H,24,25). The van der Waals surface area contributed by atoms with Crippen LogP contribution in [0, 0.1) is 6.92 Å². The Bertz CT molecular complexity index is 992. The zero-order chi connectivity index (χ0) is 20.1. The number of thiazole rings is 1. The number of ether oxygens (including phenoxy) is 1. The highest BCUT2D eigenvalue weighted by Gasteiger charge is 2.13. The molecule has 2 aromatic carbocycles. The van der Waals surface area contributed by atoms with Gasteiger partial charge < -0.3 is 10.1 Å². The zero-order valence-electron chi connectivity index (χ0n) is 15.3. The van der Waals surface area contributed by atoms with Crippen molar-refractivity contribution in [1.82, 2.24) is 4.98 Å². The molecule has 0 fully saturated rings. The van der Waals surface area contributed by atoms with Crippen molar-refractivity contribution < 1.29 is 9.53 Å². The molecule has 0 radical (unpaired) electrons. The van der Waals surface area contributed by atoms with E-state index < -0.39 is 0 Å². The second-order valence-corrected chi connectivity index (χ2v) is 9.09. The monoisotopic (exact) mass is 452 g/mol. The number of aryl methyl sites for hydroxylation is 1. The van der Waals surface area contributed by atoms with Crippen LogP contribution < -0.4 is 10.1 Å². The summed E-state index contributed by atoms with van der Waals surface area (Å²) in [5.41, 5.74) is 2.56. The normalized spacial score (nSPS) is 10.7. The molecule has 146 valence electrons. The van der Waals surface area contributed by atoms with Gasteiger partial charge in [-0.25, -0.2) is 4.98 Å². The zero-order valence-corrected chi connectivity index (χ0v) is 18.4. The second kappa shape index (κ2) is 9.65. The summed E-state index contributed by atoms with van der Waals surface area (Å²) in [5.74, 6) is 0.788. The predicted octanol–water partition coefficient (Wildman–Crippen LogP) is 6.09. The molecule has 3 aromatic rings. The minimum absolute atomic E-state index is 0.109. The number of aromatic nitrogens is 1. The quantitative estimate of drug-likeness (QED) is 0.440. The molecule has 0 aliphatic heterocycles. The minimum Gasteiger partial charge on any atom is -0.495 e. The molecule has 1 aromatic heterocycles. The Morgan fingerprint density at radius 2 is 2.04 bits per heavy atom. The first kappa shape index (κ1) is 21.0. The van der Waals surface area contributed by atoms with Gasteiger partial charge in [-0.1, -0.05) is 47.1 Å². The Morgan fingerprint density at radius 3 is 2.82 bits per heavy atom. The first-order valence-electron chi connectivity index (χ1n) is 8.42. The molecule has 4 nitrogen and oxygen atoms in total. The molecule has 28 heavy (non-hydrogen) atoms. The average Bonchev–Trinajstić information content (AvgIpc) is 3.03. The Morgan fingerprint density at radius 1 is 1.25 bits per heavy atom. The van der Waals surface area contributed by atoms with Crippen molar-refractivity contribution in [3.05, 3.63) is 68.6 Å². The molecule has 8 heteroatoms. The van der Waals surface area contributed by atoms with Crippen LogP contribution in [0.15, 0.2) is 46.8 Å². The fraction of sp³-hybridized carbons (Fsp3) is 0.200. The third kappa shape index (κ3) is 5.41. The average molecular weight is 453 g/mol. The number of methoxy groups -OCH3 is 1. The van der Waals surface area contributed by atoms with Crippen molar-refractivity contribution in [2.45, 2.75) is 17.7 Å². The molecule has 0 aliphatic rings. The lowest BCUT2D eigenvalue weighted by Gasteiger charge is -2.09. The number of amides is 1. The summed E-state index contributed by atoms with van der Waals surface area (Å²) in [6.07, 6.45) is 0.664. The summed E-state index contributed by atoms with van der Waals surface area (Å²) in [4.78, 5) is 18.0.